The van der Waals surface area contributed by atoms with E-state index in [9.17, 15) is 0 Å². The van der Waals surface area contributed by atoms with Crippen molar-refractivity contribution in [1.29, 1.82) is 0 Å². The summed E-state index contributed by atoms with van der Waals surface area (Å²) in [6.45, 7) is 60.2. The summed E-state index contributed by atoms with van der Waals surface area (Å²) in [5.41, 5.74) is 1.04. The monoisotopic (exact) mass is 1220 g/mol. The van der Waals surface area contributed by atoms with Gasteiger partial charge in [-0.05, 0) is 255 Å². The van der Waals surface area contributed by atoms with E-state index in [4.69, 9.17) is 34.6 Å². The van der Waals surface area contributed by atoms with E-state index < -0.39 is 0 Å². The number of hydrogen-bond donors (Lipinski definition) is 5. The van der Waals surface area contributed by atoms with E-state index in [0.29, 0.717) is 30.1 Å². The Labute approximate surface area is 533 Å². The second-order valence-corrected chi connectivity index (χ2v) is 35.3. The van der Waals surface area contributed by atoms with Gasteiger partial charge >= 0.3 is 0 Å². The van der Waals surface area contributed by atoms with E-state index in [1.165, 1.54) is 77.3 Å². The van der Waals surface area contributed by atoms with Gasteiger partial charge in [-0.15, -0.1) is 0 Å². The molecule has 2 aromatic rings. The number of morpholine rings is 1. The molecule has 0 spiro atoms. The fourth-order valence-corrected chi connectivity index (χ4v) is 17.2. The number of anilines is 4. The van der Waals surface area contributed by atoms with Gasteiger partial charge in [-0.2, -0.15) is 29.9 Å². The van der Waals surface area contributed by atoms with Crippen LogP contribution in [0.5, 0.6) is 0 Å². The molecule has 7 rings (SSSR count). The molecule has 0 saturated carbocycles. The minimum absolute atomic E-state index is 0.0465. The van der Waals surface area contributed by atoms with Gasteiger partial charge in [0.15, 0.2) is 0 Å². The molecule has 17 nitrogen and oxygen atoms in total. The van der Waals surface area contributed by atoms with Crippen LogP contribution in [0, 0.1) is 19.3 Å². The van der Waals surface area contributed by atoms with Gasteiger partial charge < -0.3 is 55.8 Å². The zero-order valence-electron chi connectivity index (χ0n) is 60.8. The highest BCUT2D eigenvalue weighted by Gasteiger charge is 2.44. The fourth-order valence-electron chi connectivity index (χ4n) is 17.2. The van der Waals surface area contributed by atoms with Crippen LogP contribution in [0.1, 0.15) is 266 Å². The van der Waals surface area contributed by atoms with Gasteiger partial charge in [0.2, 0.25) is 23.8 Å². The number of piperidine rings is 4. The summed E-state index contributed by atoms with van der Waals surface area (Å²) in [6, 6.07) is 2.03. The van der Waals surface area contributed by atoms with Crippen LogP contribution in [0.4, 0.5) is 23.8 Å². The molecule has 5 aliphatic heterocycles. The maximum Gasteiger partial charge on any atom is 0.230 e. The smallest absolute Gasteiger partial charge is 0.230 e. The predicted octanol–water partition coefficient (Wildman–Crippen LogP) is 12.7. The van der Waals surface area contributed by atoms with Crippen LogP contribution in [0.2, 0.25) is 0 Å². The second-order valence-electron chi connectivity index (χ2n) is 35.3. The second kappa shape index (κ2) is 28.8. The van der Waals surface area contributed by atoms with Gasteiger partial charge in [0.05, 0.1) is 13.2 Å². The number of ether oxygens (including phenoxy) is 1. The largest absolute Gasteiger partial charge is 0.378 e. The van der Waals surface area contributed by atoms with Crippen LogP contribution >= 0.6 is 0 Å². The Morgan fingerprint density at radius 1 is 0.437 bits per heavy atom. The summed E-state index contributed by atoms with van der Waals surface area (Å²) in [5, 5.41) is 19.1. The Kier molecular flexibility index (Phi) is 24.2. The van der Waals surface area contributed by atoms with Crippen molar-refractivity contribution in [3.05, 3.63) is 11.6 Å². The molecule has 0 aliphatic carbocycles. The molecular weight excluding hydrogens is 1080 g/mol. The average Bonchev–Trinajstić information content (AvgIpc) is 2.19. The predicted molar refractivity (Wildman–Crippen MR) is 368 cm³/mol. The average molecular weight is 1220 g/mol. The van der Waals surface area contributed by atoms with Crippen LogP contribution < -0.4 is 41.3 Å². The van der Waals surface area contributed by atoms with Crippen molar-refractivity contribution in [1.82, 2.24) is 61.0 Å². The number of nitrogens with one attached hydrogen (secondary N) is 5. The molecule has 5 saturated heterocycles. The highest BCUT2D eigenvalue weighted by Crippen LogP contribution is 2.38. The maximum atomic E-state index is 5.59. The Morgan fingerprint density at radius 3 is 1.11 bits per heavy atom. The SMILES string of the molecule is Cc1nc(N2CCOCC2)nc(N(CCCCCCN(C)C2CC(C)(C)NC(C)(C)C2)C2CC(C)(C)NC(C)(C)C2)n1.Cc1nc(NC(C)(C)CC(C)(C)C)nc(N(CCCCCCN(C)C2CC(C)(C)NC(C)(C)C2)C2CC(C)(C)NC(C)(C)C2)n1. The Hall–Kier alpha value is -3.06. The van der Waals surface area contributed by atoms with Crippen LogP contribution in [-0.2, 0) is 4.74 Å². The molecule has 2 aromatic heterocycles. The summed E-state index contributed by atoms with van der Waals surface area (Å²) in [7, 11) is 4.67. The number of nitrogens with zero attached hydrogens (tertiary/aromatic N) is 11. The van der Waals surface area contributed by atoms with E-state index in [1.54, 1.807) is 0 Å². The van der Waals surface area contributed by atoms with Crippen LogP contribution in [0.3, 0.4) is 0 Å². The first-order chi connectivity index (χ1) is 39.9. The first-order valence-electron chi connectivity index (χ1n) is 34.6. The lowest BCUT2D eigenvalue weighted by atomic mass is 9.79. The zero-order chi connectivity index (χ0) is 64.8. The van der Waals surface area contributed by atoms with E-state index in [1.807, 2.05) is 13.8 Å². The van der Waals surface area contributed by atoms with E-state index >= 15 is 0 Å². The van der Waals surface area contributed by atoms with Gasteiger partial charge in [-0.3, -0.25) is 0 Å². The third-order valence-electron chi connectivity index (χ3n) is 18.8. The topological polar surface area (TPSA) is 163 Å². The number of unbranched alkanes of at least 4 members (excludes halogenated alkanes) is 6. The van der Waals surface area contributed by atoms with Crippen molar-refractivity contribution in [3.63, 3.8) is 0 Å². The lowest BCUT2D eigenvalue weighted by Crippen LogP contribution is -2.62. The summed E-state index contributed by atoms with van der Waals surface area (Å²) >= 11 is 0. The number of aromatic nitrogens is 6. The summed E-state index contributed by atoms with van der Waals surface area (Å²) in [5.74, 6) is 4.73. The first kappa shape index (κ1) is 73.0. The van der Waals surface area contributed by atoms with Crippen molar-refractivity contribution in [2.24, 2.45) is 5.41 Å². The van der Waals surface area contributed by atoms with Crippen molar-refractivity contribution in [3.8, 4) is 0 Å². The van der Waals surface area contributed by atoms with Gasteiger partial charge in [0.25, 0.3) is 0 Å². The van der Waals surface area contributed by atoms with E-state index in [2.05, 4.69) is 211 Å². The van der Waals surface area contributed by atoms with Gasteiger partial charge in [0.1, 0.15) is 11.6 Å². The first-order valence-corrected chi connectivity index (χ1v) is 34.6. The molecule has 500 valence electrons. The van der Waals surface area contributed by atoms with Crippen LogP contribution in [0.25, 0.3) is 0 Å². The molecule has 5 aliphatic rings. The number of aryl methyl sites for hydroxylation is 2. The van der Waals surface area contributed by atoms with Crippen molar-refractivity contribution in [2.75, 3.05) is 86.6 Å². The van der Waals surface area contributed by atoms with Crippen molar-refractivity contribution in [2.45, 2.75) is 342 Å². The highest BCUT2D eigenvalue weighted by atomic mass is 16.5. The molecule has 0 bridgehead atoms. The van der Waals surface area contributed by atoms with E-state index in [0.717, 1.165) is 114 Å². The summed E-state index contributed by atoms with van der Waals surface area (Å²) in [4.78, 5) is 42.1. The minimum Gasteiger partial charge on any atom is -0.378 e. The maximum absolute atomic E-state index is 5.59. The molecule has 5 N–H and O–H groups in total. The molecule has 87 heavy (non-hydrogen) atoms. The zero-order valence-corrected chi connectivity index (χ0v) is 60.8. The molecule has 0 radical (unpaired) electrons. The fraction of sp³-hybridized carbons (Fsp3) is 0.914. The molecular formula is C70H134N16O. The third-order valence-corrected chi connectivity index (χ3v) is 18.8. The Balaban J connectivity index is 0.000000279. The molecule has 17 heteroatoms. The van der Waals surface area contributed by atoms with Crippen LogP contribution in [-0.4, -0.2) is 180 Å². The van der Waals surface area contributed by atoms with Gasteiger partial charge in [0, 0.05) is 100 Å². The minimum atomic E-state index is -0.125. The van der Waals surface area contributed by atoms with Gasteiger partial charge in [-0.1, -0.05) is 46.5 Å². The highest BCUT2D eigenvalue weighted by molar-refractivity contribution is 5.42. The molecule has 0 aromatic carbocycles. The quantitative estimate of drug-likeness (QED) is 0.0631. The van der Waals surface area contributed by atoms with Crippen LogP contribution in [0.15, 0.2) is 0 Å². The summed E-state index contributed by atoms with van der Waals surface area (Å²) < 4.78 is 5.59. The molecule has 0 amide bonds. The Bertz CT molecular complexity index is 2390. The van der Waals surface area contributed by atoms with Crippen molar-refractivity contribution < 1.29 is 4.74 Å². The van der Waals surface area contributed by atoms with Gasteiger partial charge in [-0.25, -0.2) is 0 Å². The standard InChI is InChI=1S/C37H72N8.C33H62N8O/c1-27-38-30(41-37(13,14)26-32(2,3)4)40-31(39-27)45(29-24-35(9,10)43-36(11,12)25-29)21-19-17-16-18-20-44(15)28-22-33(5,6)42-34(7,8)23-28;1-25-34-28(40-17-19-42-20-18-40)36-29(35-25)41(27-23-32(6,7)38-33(8,9)24-27)16-14-12-11-13-15-39(10)26-21-30(2,3)37-31(4,5)22-26/h28-29,42-43H,16-26H2,1-15H3,(H,38,39,40,41);26-27,37-38H,11-24H2,1-10H3. The lowest BCUT2D eigenvalue weighted by Gasteiger charge is -2.49. The number of hydrogen-bond acceptors (Lipinski definition) is 17. The van der Waals surface area contributed by atoms with Crippen molar-refractivity contribution >= 4 is 23.8 Å². The number of rotatable bonds is 24. The Morgan fingerprint density at radius 2 is 0.759 bits per heavy atom. The summed E-state index contributed by atoms with van der Waals surface area (Å²) in [6.07, 6.45) is 19.9. The molecule has 7 heterocycles. The third kappa shape index (κ3) is 24.2. The molecule has 0 atom stereocenters. The lowest BCUT2D eigenvalue weighted by molar-refractivity contribution is 0.0802. The normalized spacial score (nSPS) is 23.1. The molecule has 5 fully saturated rings. The molecule has 0 unspecified atom stereocenters. The van der Waals surface area contributed by atoms with E-state index in [-0.39, 0.29) is 55.3 Å².